The number of carbonyl (C=O) groups excluding carboxylic acids is 1. The topological polar surface area (TPSA) is 68.2 Å². The molecule has 0 spiro atoms. The molecule has 0 saturated carbocycles. The maximum absolute atomic E-state index is 12.2. The Balaban J connectivity index is 1.86. The Morgan fingerprint density at radius 1 is 1.43 bits per heavy atom. The first-order valence-electron chi connectivity index (χ1n) is 8.02. The van der Waals surface area contributed by atoms with Gasteiger partial charge in [-0.3, -0.25) is 9.69 Å². The van der Waals surface area contributed by atoms with Crippen LogP contribution in [0.25, 0.3) is 0 Å². The maximum Gasteiger partial charge on any atom is 0.235 e. The third-order valence-electron chi connectivity index (χ3n) is 5.25. The van der Waals surface area contributed by atoms with E-state index in [1.54, 1.807) is 6.92 Å². The molecule has 2 saturated heterocycles. The second-order valence-electron chi connectivity index (χ2n) is 7.20. The van der Waals surface area contributed by atoms with E-state index < -0.39 is 5.54 Å². The summed E-state index contributed by atoms with van der Waals surface area (Å²) in [6, 6.07) is 3.95. The maximum atomic E-state index is 12.2. The van der Waals surface area contributed by atoms with E-state index in [1.165, 1.54) is 12.8 Å². The Morgan fingerprint density at radius 2 is 2.00 bits per heavy atom. The fraction of sp³-hybridized carbons (Fsp3) is 0.875. The number of amides is 1. The van der Waals surface area contributed by atoms with E-state index in [2.05, 4.69) is 21.6 Å². The van der Waals surface area contributed by atoms with Gasteiger partial charge in [-0.1, -0.05) is 13.8 Å². The van der Waals surface area contributed by atoms with Crippen molar-refractivity contribution in [3.8, 4) is 6.07 Å². The van der Waals surface area contributed by atoms with E-state index in [-0.39, 0.29) is 11.8 Å². The van der Waals surface area contributed by atoms with Gasteiger partial charge < -0.3 is 10.6 Å². The molecule has 2 N–H and O–H groups in total. The van der Waals surface area contributed by atoms with Gasteiger partial charge >= 0.3 is 0 Å². The summed E-state index contributed by atoms with van der Waals surface area (Å²) < 4.78 is 0. The van der Waals surface area contributed by atoms with Crippen LogP contribution in [-0.2, 0) is 4.79 Å². The predicted molar refractivity (Wildman–Crippen MR) is 82.6 cm³/mol. The Morgan fingerprint density at radius 3 is 2.48 bits per heavy atom. The van der Waals surface area contributed by atoms with Crippen LogP contribution in [0.1, 0.15) is 46.5 Å². The quantitative estimate of drug-likeness (QED) is 0.800. The van der Waals surface area contributed by atoms with E-state index >= 15 is 0 Å². The van der Waals surface area contributed by atoms with Crippen molar-refractivity contribution in [2.45, 2.75) is 70.1 Å². The molecule has 118 valence electrons. The molecule has 5 heteroatoms. The zero-order valence-electron chi connectivity index (χ0n) is 13.6. The largest absolute Gasteiger partial charge is 0.337 e. The molecule has 2 bridgehead atoms. The highest BCUT2D eigenvalue weighted by atomic mass is 16.2. The number of rotatable bonds is 5. The molecule has 2 aliphatic heterocycles. The molecule has 2 aliphatic rings. The average molecular weight is 292 g/mol. The number of hydrogen-bond donors (Lipinski definition) is 2. The summed E-state index contributed by atoms with van der Waals surface area (Å²) in [6.45, 7) is 6.07. The minimum atomic E-state index is -0.787. The molecule has 3 atom stereocenters. The average Bonchev–Trinajstić information content (AvgIpc) is 2.76. The second-order valence-corrected chi connectivity index (χ2v) is 7.20. The van der Waals surface area contributed by atoms with E-state index in [1.807, 2.05) is 20.9 Å². The van der Waals surface area contributed by atoms with E-state index in [9.17, 15) is 10.1 Å². The number of nitrogens with one attached hydrogen (secondary N) is 2. The van der Waals surface area contributed by atoms with Gasteiger partial charge in [-0.15, -0.1) is 0 Å². The fourth-order valence-corrected chi connectivity index (χ4v) is 3.37. The van der Waals surface area contributed by atoms with Crippen LogP contribution in [-0.4, -0.2) is 48.1 Å². The highest BCUT2D eigenvalue weighted by Gasteiger charge is 2.36. The van der Waals surface area contributed by atoms with E-state index in [0.29, 0.717) is 24.7 Å². The lowest BCUT2D eigenvalue weighted by Crippen LogP contribution is -2.54. The summed E-state index contributed by atoms with van der Waals surface area (Å²) >= 11 is 0. The molecular formula is C16H28N4O. The van der Waals surface area contributed by atoms with E-state index in [4.69, 9.17) is 0 Å². The van der Waals surface area contributed by atoms with Gasteiger partial charge in [-0.25, -0.2) is 0 Å². The predicted octanol–water partition coefficient (Wildman–Crippen LogP) is 1.26. The first-order chi connectivity index (χ1) is 9.84. The minimum Gasteiger partial charge on any atom is -0.337 e. The van der Waals surface area contributed by atoms with Crippen LogP contribution in [0.3, 0.4) is 0 Å². The molecule has 5 nitrogen and oxygen atoms in total. The summed E-state index contributed by atoms with van der Waals surface area (Å²) in [5, 5.41) is 15.8. The first-order valence-corrected chi connectivity index (χ1v) is 8.02. The molecule has 1 amide bonds. The van der Waals surface area contributed by atoms with Crippen LogP contribution in [0.4, 0.5) is 0 Å². The van der Waals surface area contributed by atoms with Crippen LogP contribution in [0.15, 0.2) is 0 Å². The molecule has 0 aliphatic carbocycles. The van der Waals surface area contributed by atoms with Crippen LogP contribution >= 0.6 is 0 Å². The number of hydrogen-bond acceptors (Lipinski definition) is 4. The van der Waals surface area contributed by atoms with Crippen molar-refractivity contribution < 1.29 is 4.79 Å². The van der Waals surface area contributed by atoms with Gasteiger partial charge in [0.1, 0.15) is 5.54 Å². The van der Waals surface area contributed by atoms with Crippen LogP contribution in [0.2, 0.25) is 0 Å². The van der Waals surface area contributed by atoms with Crippen LogP contribution in [0.5, 0.6) is 0 Å². The SMILES string of the molecule is CC(C)C(C)(C#N)NC(=O)CN(C)C1CC2CCC(C1)N2. The molecule has 0 radical (unpaired) electrons. The number of likely N-dealkylation sites (N-methyl/N-ethyl adjacent to an activating group) is 1. The first kappa shape index (κ1) is 16.3. The van der Waals surface area contributed by atoms with Gasteiger partial charge in [-0.05, 0) is 45.6 Å². The smallest absolute Gasteiger partial charge is 0.235 e. The molecule has 2 fully saturated rings. The lowest BCUT2D eigenvalue weighted by Gasteiger charge is -2.36. The van der Waals surface area contributed by atoms with Crippen molar-refractivity contribution in [1.29, 1.82) is 5.26 Å². The van der Waals surface area contributed by atoms with Crippen LogP contribution < -0.4 is 10.6 Å². The highest BCUT2D eigenvalue weighted by molar-refractivity contribution is 5.79. The summed E-state index contributed by atoms with van der Waals surface area (Å²) in [4.78, 5) is 14.4. The number of carbonyl (C=O) groups is 1. The number of piperidine rings is 1. The van der Waals surface area contributed by atoms with Crippen LogP contribution in [0, 0.1) is 17.2 Å². The molecular weight excluding hydrogens is 264 g/mol. The van der Waals surface area contributed by atoms with Gasteiger partial charge in [0, 0.05) is 18.1 Å². The lowest BCUT2D eigenvalue weighted by atomic mass is 9.90. The summed E-state index contributed by atoms with van der Waals surface area (Å²) in [5.74, 6) is 0.0348. The van der Waals surface area contributed by atoms with Crippen molar-refractivity contribution in [3.63, 3.8) is 0 Å². The molecule has 0 aromatic carbocycles. The lowest BCUT2D eigenvalue weighted by molar-refractivity contribution is -0.124. The Hall–Kier alpha value is -1.12. The van der Waals surface area contributed by atoms with Crippen molar-refractivity contribution >= 4 is 5.91 Å². The fourth-order valence-electron chi connectivity index (χ4n) is 3.37. The van der Waals surface area contributed by atoms with Gasteiger partial charge in [0.2, 0.25) is 5.91 Å². The minimum absolute atomic E-state index is 0.0545. The van der Waals surface area contributed by atoms with Crippen molar-refractivity contribution in [2.75, 3.05) is 13.6 Å². The molecule has 0 aromatic heterocycles. The Bertz CT molecular complexity index is 418. The highest BCUT2D eigenvalue weighted by Crippen LogP contribution is 2.29. The number of fused-ring (bicyclic) bond motifs is 2. The normalized spacial score (nSPS) is 31.0. The summed E-state index contributed by atoms with van der Waals surface area (Å²) in [7, 11) is 2.02. The van der Waals surface area contributed by atoms with Crippen molar-refractivity contribution in [3.05, 3.63) is 0 Å². The summed E-state index contributed by atoms with van der Waals surface area (Å²) in [6.07, 6.45) is 4.78. The third-order valence-corrected chi connectivity index (χ3v) is 5.25. The van der Waals surface area contributed by atoms with Gasteiger partial charge in [0.25, 0.3) is 0 Å². The third kappa shape index (κ3) is 3.75. The molecule has 0 aromatic rings. The zero-order valence-corrected chi connectivity index (χ0v) is 13.6. The Kier molecular flexibility index (Phi) is 4.90. The van der Waals surface area contributed by atoms with Gasteiger partial charge in [0.05, 0.1) is 12.6 Å². The van der Waals surface area contributed by atoms with E-state index in [0.717, 1.165) is 12.8 Å². The second kappa shape index (κ2) is 6.33. The monoisotopic (exact) mass is 292 g/mol. The molecule has 21 heavy (non-hydrogen) atoms. The van der Waals surface area contributed by atoms with Gasteiger partial charge in [0.15, 0.2) is 0 Å². The van der Waals surface area contributed by atoms with Gasteiger partial charge in [-0.2, -0.15) is 5.26 Å². The van der Waals surface area contributed by atoms with Crippen molar-refractivity contribution in [1.82, 2.24) is 15.5 Å². The number of nitriles is 1. The molecule has 3 unspecified atom stereocenters. The zero-order chi connectivity index (χ0) is 15.6. The Labute approximate surface area is 128 Å². The van der Waals surface area contributed by atoms with Crippen molar-refractivity contribution in [2.24, 2.45) is 5.92 Å². The number of nitrogens with zero attached hydrogens (tertiary/aromatic N) is 2. The molecule has 2 heterocycles. The summed E-state index contributed by atoms with van der Waals surface area (Å²) in [5.41, 5.74) is -0.787. The molecule has 2 rings (SSSR count). The standard InChI is InChI=1S/C16H28N4O/c1-11(2)16(3,10-17)19-15(21)9-20(4)14-7-12-5-6-13(8-14)18-12/h11-14,18H,5-9H2,1-4H3,(H,19,21).